The monoisotopic (exact) mass is 498 g/mol. The number of methoxy groups -OCH3 is 1. The van der Waals surface area contributed by atoms with E-state index in [9.17, 15) is 22.8 Å². The molecule has 2 heterocycles. The lowest BCUT2D eigenvalue weighted by Crippen LogP contribution is -2.33. The zero-order valence-corrected chi connectivity index (χ0v) is 20.0. The summed E-state index contributed by atoms with van der Waals surface area (Å²) < 4.78 is 29.7. The topological polar surface area (TPSA) is 110 Å². The second-order valence-corrected chi connectivity index (χ2v) is 11.0. The van der Waals surface area contributed by atoms with E-state index in [1.165, 1.54) is 49.6 Å². The molecule has 1 N–H and O–H groups in total. The largest absolute Gasteiger partial charge is 0.465 e. The lowest BCUT2D eigenvalue weighted by Gasteiger charge is -2.25. The molecule has 0 saturated carbocycles. The number of nitrogens with zero attached hydrogens (tertiary/aromatic N) is 1. The van der Waals surface area contributed by atoms with Crippen LogP contribution < -0.4 is 5.32 Å². The molecule has 11 heteroatoms. The molecular weight excluding hydrogens is 476 g/mol. The number of anilines is 1. The number of hydrogen-bond donors (Lipinski definition) is 1. The Balaban J connectivity index is 1.67. The van der Waals surface area contributed by atoms with Crippen LogP contribution in [-0.2, 0) is 37.1 Å². The van der Waals surface area contributed by atoms with E-state index in [0.29, 0.717) is 35.1 Å². The quantitative estimate of drug-likeness (QED) is 0.586. The molecule has 0 atom stereocenters. The van der Waals surface area contributed by atoms with Gasteiger partial charge in [-0.1, -0.05) is 11.6 Å². The third-order valence-electron chi connectivity index (χ3n) is 5.13. The lowest BCUT2D eigenvalue weighted by atomic mass is 10.0. The molecule has 1 aliphatic rings. The first-order valence-electron chi connectivity index (χ1n) is 9.89. The van der Waals surface area contributed by atoms with Crippen LogP contribution in [0.5, 0.6) is 0 Å². The van der Waals surface area contributed by atoms with Crippen molar-refractivity contribution in [2.75, 3.05) is 24.7 Å². The first-order chi connectivity index (χ1) is 15.1. The first-order valence-corrected chi connectivity index (χ1v) is 12.7. The summed E-state index contributed by atoms with van der Waals surface area (Å²) in [6, 6.07) is 5.87. The Hall–Kier alpha value is -2.43. The maximum absolute atomic E-state index is 12.5. The van der Waals surface area contributed by atoms with Gasteiger partial charge in [-0.2, -0.15) is 0 Å². The first kappa shape index (κ1) is 24.2. The van der Waals surface area contributed by atoms with Gasteiger partial charge in [0.2, 0.25) is 11.8 Å². The van der Waals surface area contributed by atoms with E-state index in [-0.39, 0.29) is 29.4 Å². The zero-order valence-electron chi connectivity index (χ0n) is 17.6. The summed E-state index contributed by atoms with van der Waals surface area (Å²) >= 11 is 7.03. The van der Waals surface area contributed by atoms with E-state index in [0.717, 1.165) is 10.4 Å². The smallest absolute Gasteiger partial charge is 0.341 e. The van der Waals surface area contributed by atoms with Crippen molar-refractivity contribution in [3.8, 4) is 0 Å². The number of ether oxygens (including phenoxy) is 1. The molecule has 0 fully saturated rings. The summed E-state index contributed by atoms with van der Waals surface area (Å²) in [5.41, 5.74) is 1.08. The van der Waals surface area contributed by atoms with Crippen molar-refractivity contribution < 1.29 is 27.5 Å². The zero-order chi connectivity index (χ0) is 23.5. The van der Waals surface area contributed by atoms with Crippen LogP contribution >= 0.6 is 22.9 Å². The average molecular weight is 499 g/mol. The van der Waals surface area contributed by atoms with Crippen molar-refractivity contribution in [2.24, 2.45) is 0 Å². The molecule has 1 aliphatic heterocycles. The highest BCUT2D eigenvalue weighted by atomic mass is 35.5. The summed E-state index contributed by atoms with van der Waals surface area (Å²) in [7, 11) is -2.27. The third-order valence-corrected chi connectivity index (χ3v) is 8.34. The van der Waals surface area contributed by atoms with Gasteiger partial charge in [0.05, 0.1) is 29.9 Å². The molecule has 0 radical (unpaired) electrons. The van der Waals surface area contributed by atoms with Crippen LogP contribution in [0.1, 0.15) is 40.6 Å². The van der Waals surface area contributed by atoms with Crippen LogP contribution in [-0.4, -0.2) is 50.5 Å². The van der Waals surface area contributed by atoms with Gasteiger partial charge in [-0.05, 0) is 42.7 Å². The second-order valence-electron chi connectivity index (χ2n) is 7.31. The van der Waals surface area contributed by atoms with Crippen molar-refractivity contribution in [1.29, 1.82) is 0 Å². The SMILES string of the molecule is COC(=O)c1c(NC(=O)CCCS(=O)(=O)c2ccc(Cl)cc2)sc2c1CCN(C(C)=O)C2. The van der Waals surface area contributed by atoms with Gasteiger partial charge < -0.3 is 15.0 Å². The molecule has 0 spiro atoms. The number of amides is 2. The number of halogens is 1. The molecule has 3 rings (SSSR count). The van der Waals surface area contributed by atoms with E-state index >= 15 is 0 Å². The number of sulfone groups is 1. The van der Waals surface area contributed by atoms with Crippen LogP contribution in [0, 0.1) is 0 Å². The summed E-state index contributed by atoms with van der Waals surface area (Å²) in [5.74, 6) is -1.21. The van der Waals surface area contributed by atoms with Crippen LogP contribution in [0.25, 0.3) is 0 Å². The predicted octanol–water partition coefficient (Wildman–Crippen LogP) is 3.29. The lowest BCUT2D eigenvalue weighted by molar-refractivity contribution is -0.129. The molecule has 2 amide bonds. The summed E-state index contributed by atoms with van der Waals surface area (Å²) in [6.45, 7) is 2.34. The Labute approximate surface area is 195 Å². The average Bonchev–Trinajstić information content (AvgIpc) is 3.10. The van der Waals surface area contributed by atoms with Crippen LogP contribution in [0.2, 0.25) is 5.02 Å². The number of carbonyl (C=O) groups excluding carboxylic acids is 3. The van der Waals surface area contributed by atoms with Gasteiger partial charge in [-0.3, -0.25) is 9.59 Å². The van der Waals surface area contributed by atoms with Gasteiger partial charge in [0.1, 0.15) is 5.00 Å². The van der Waals surface area contributed by atoms with E-state index in [1.807, 2.05) is 0 Å². The normalized spacial score (nSPS) is 13.4. The fraction of sp³-hybridized carbons (Fsp3) is 0.381. The maximum atomic E-state index is 12.5. The Morgan fingerprint density at radius 3 is 2.53 bits per heavy atom. The van der Waals surface area contributed by atoms with E-state index < -0.39 is 21.7 Å². The number of benzene rings is 1. The third kappa shape index (κ3) is 5.48. The van der Waals surface area contributed by atoms with Gasteiger partial charge in [-0.25, -0.2) is 13.2 Å². The number of rotatable bonds is 7. The molecular formula is C21H23ClN2O6S2. The molecule has 0 saturated heterocycles. The Morgan fingerprint density at radius 1 is 1.22 bits per heavy atom. The van der Waals surface area contributed by atoms with Crippen molar-refractivity contribution in [3.05, 3.63) is 45.3 Å². The van der Waals surface area contributed by atoms with Gasteiger partial charge in [0.15, 0.2) is 9.84 Å². The fourth-order valence-electron chi connectivity index (χ4n) is 3.45. The minimum Gasteiger partial charge on any atom is -0.465 e. The molecule has 0 unspecified atom stereocenters. The fourth-order valence-corrected chi connectivity index (χ4v) is 6.15. The number of esters is 1. The van der Waals surface area contributed by atoms with E-state index in [2.05, 4.69) is 5.32 Å². The highest BCUT2D eigenvalue weighted by molar-refractivity contribution is 7.91. The Morgan fingerprint density at radius 2 is 1.91 bits per heavy atom. The van der Waals surface area contributed by atoms with Gasteiger partial charge in [0.25, 0.3) is 0 Å². The number of thiophene rings is 1. The van der Waals surface area contributed by atoms with Crippen LogP contribution in [0.15, 0.2) is 29.2 Å². The van der Waals surface area contributed by atoms with E-state index in [4.69, 9.17) is 16.3 Å². The van der Waals surface area contributed by atoms with Crippen molar-refractivity contribution >= 4 is 55.6 Å². The van der Waals surface area contributed by atoms with Gasteiger partial charge in [-0.15, -0.1) is 11.3 Å². The molecule has 1 aromatic heterocycles. The Kier molecular flexibility index (Phi) is 7.58. The predicted molar refractivity (Wildman–Crippen MR) is 122 cm³/mol. The van der Waals surface area contributed by atoms with E-state index in [1.54, 1.807) is 4.90 Å². The molecule has 2 aromatic rings. The summed E-state index contributed by atoms with van der Waals surface area (Å²) in [6.07, 6.45) is 0.578. The summed E-state index contributed by atoms with van der Waals surface area (Å²) in [4.78, 5) is 39.2. The minimum absolute atomic E-state index is 0.0322. The highest BCUT2D eigenvalue weighted by Gasteiger charge is 2.30. The van der Waals surface area contributed by atoms with Crippen LogP contribution in [0.4, 0.5) is 5.00 Å². The van der Waals surface area contributed by atoms with Crippen molar-refractivity contribution in [2.45, 2.75) is 37.6 Å². The molecule has 0 bridgehead atoms. The molecule has 1 aromatic carbocycles. The van der Waals surface area contributed by atoms with Gasteiger partial charge >= 0.3 is 5.97 Å². The second kappa shape index (κ2) is 10.0. The maximum Gasteiger partial charge on any atom is 0.341 e. The van der Waals surface area contributed by atoms with Gasteiger partial charge in [0, 0.05) is 29.8 Å². The number of hydrogen-bond acceptors (Lipinski definition) is 7. The molecule has 32 heavy (non-hydrogen) atoms. The molecule has 172 valence electrons. The number of carbonyl (C=O) groups is 3. The standard InChI is InChI=1S/C21H23ClN2O6S2/c1-13(25)24-10-9-16-17(12-24)31-20(19(16)21(27)30-2)23-18(26)4-3-11-32(28,29)15-7-5-14(22)6-8-15/h5-8H,3-4,9-12H2,1-2H3,(H,23,26). The molecule has 0 aliphatic carbocycles. The molecule has 8 nitrogen and oxygen atoms in total. The minimum atomic E-state index is -3.54. The number of nitrogens with one attached hydrogen (secondary N) is 1. The van der Waals surface area contributed by atoms with Crippen LogP contribution in [0.3, 0.4) is 0 Å². The van der Waals surface area contributed by atoms with Crippen molar-refractivity contribution in [3.63, 3.8) is 0 Å². The van der Waals surface area contributed by atoms with Crippen molar-refractivity contribution in [1.82, 2.24) is 4.90 Å². The highest BCUT2D eigenvalue weighted by Crippen LogP contribution is 2.37. The summed E-state index contributed by atoms with van der Waals surface area (Å²) in [5, 5.41) is 3.52. The number of fused-ring (bicyclic) bond motifs is 1. The Bertz CT molecular complexity index is 1140.